The van der Waals surface area contributed by atoms with Gasteiger partial charge in [-0.1, -0.05) is 23.7 Å². The largest absolute Gasteiger partial charge is 0.415 e. The highest BCUT2D eigenvalue weighted by molar-refractivity contribution is 7.98. The number of carbonyl (C=O) groups is 2. The molecule has 7 heteroatoms. The van der Waals surface area contributed by atoms with Gasteiger partial charge in [0, 0.05) is 34.5 Å². The minimum Gasteiger partial charge on any atom is -0.407 e. The first kappa shape index (κ1) is 18.7. The van der Waals surface area contributed by atoms with Gasteiger partial charge in [-0.25, -0.2) is 9.18 Å². The molecule has 1 atom stereocenters. The highest BCUT2D eigenvalue weighted by Gasteiger charge is 2.32. The number of nitrogens with zero attached hydrogens (tertiary/aromatic N) is 1. The summed E-state index contributed by atoms with van der Waals surface area (Å²) in [5.74, 6) is -1.16. The summed E-state index contributed by atoms with van der Waals surface area (Å²) in [5.41, 5.74) is 0.631. The summed E-state index contributed by atoms with van der Waals surface area (Å²) in [5, 5.41) is 0.224. The van der Waals surface area contributed by atoms with Crippen LogP contribution in [0.3, 0.4) is 0 Å². The zero-order valence-corrected chi connectivity index (χ0v) is 15.6. The van der Waals surface area contributed by atoms with Crippen molar-refractivity contribution in [3.05, 3.63) is 58.9 Å². The molecule has 3 rings (SSSR count). The Hall–Kier alpha value is -2.05. The van der Waals surface area contributed by atoms with Gasteiger partial charge in [0.15, 0.2) is 17.3 Å². The molecule has 0 aromatic heterocycles. The molecule has 4 nitrogen and oxygen atoms in total. The third kappa shape index (κ3) is 4.19. The summed E-state index contributed by atoms with van der Waals surface area (Å²) in [6, 6.07) is 11.3. The molecule has 136 valence electrons. The molecular weight excluding hydrogens is 377 g/mol. The number of hydrogen-bond acceptors (Lipinski definition) is 4. The molecule has 26 heavy (non-hydrogen) atoms. The molecule has 1 heterocycles. The number of halogens is 2. The lowest BCUT2D eigenvalue weighted by Gasteiger charge is -2.16. The molecule has 1 unspecified atom stereocenters. The molecule has 1 amide bonds. The van der Waals surface area contributed by atoms with Gasteiger partial charge in [-0.15, -0.1) is 11.8 Å². The molecule has 0 radical (unpaired) electrons. The van der Waals surface area contributed by atoms with Crippen molar-refractivity contribution in [2.45, 2.75) is 11.3 Å². The first-order chi connectivity index (χ1) is 12.5. The van der Waals surface area contributed by atoms with Crippen molar-refractivity contribution in [1.82, 2.24) is 4.90 Å². The summed E-state index contributed by atoms with van der Waals surface area (Å²) in [4.78, 5) is 27.3. The van der Waals surface area contributed by atoms with Crippen LogP contribution in [0.2, 0.25) is 5.02 Å². The van der Waals surface area contributed by atoms with Gasteiger partial charge in [0.25, 0.3) is 0 Å². The zero-order valence-electron chi connectivity index (χ0n) is 14.1. The third-order valence-electron chi connectivity index (χ3n) is 4.28. The Balaban J connectivity index is 1.61. The van der Waals surface area contributed by atoms with E-state index in [1.807, 2.05) is 18.4 Å². The van der Waals surface area contributed by atoms with Crippen LogP contribution in [0.25, 0.3) is 0 Å². The van der Waals surface area contributed by atoms with Gasteiger partial charge in [0.05, 0.1) is 0 Å². The van der Waals surface area contributed by atoms with Gasteiger partial charge in [-0.3, -0.25) is 4.79 Å². The number of ether oxygens (including phenoxy) is 1. The standard InChI is InChI=1S/C19H17ClFNO3S/c1-26-15-5-2-12(3-6-15)18(23)13-8-9-22(11-13)19(24)25-17-7-4-14(20)10-16(17)21/h2-7,10,13H,8-9,11H2,1H3. The minimum absolute atomic E-state index is 0.00521. The van der Waals surface area contributed by atoms with Gasteiger partial charge in [-0.05, 0) is 43.0 Å². The van der Waals surface area contributed by atoms with Crippen LogP contribution in [0.4, 0.5) is 9.18 Å². The predicted octanol–water partition coefficient (Wildman–Crippen LogP) is 4.90. The molecule has 1 aliphatic rings. The van der Waals surface area contributed by atoms with Crippen LogP contribution in [0.5, 0.6) is 5.75 Å². The molecule has 0 saturated carbocycles. The zero-order chi connectivity index (χ0) is 18.7. The Kier molecular flexibility index (Phi) is 5.84. The second-order valence-corrected chi connectivity index (χ2v) is 7.28. The number of carbonyl (C=O) groups excluding carboxylic acids is 2. The van der Waals surface area contributed by atoms with Crippen LogP contribution in [0.1, 0.15) is 16.8 Å². The van der Waals surface area contributed by atoms with Crippen LogP contribution in [0, 0.1) is 11.7 Å². The minimum atomic E-state index is -0.702. The molecular formula is C19H17ClFNO3S. The van der Waals surface area contributed by atoms with E-state index in [0.29, 0.717) is 18.5 Å². The van der Waals surface area contributed by atoms with Crippen molar-refractivity contribution >= 4 is 35.2 Å². The van der Waals surface area contributed by atoms with E-state index in [2.05, 4.69) is 0 Å². The highest BCUT2D eigenvalue weighted by Crippen LogP contribution is 2.25. The molecule has 2 aromatic rings. The van der Waals surface area contributed by atoms with E-state index in [-0.39, 0.29) is 29.0 Å². The maximum atomic E-state index is 13.7. The lowest BCUT2D eigenvalue weighted by molar-refractivity contribution is 0.0922. The van der Waals surface area contributed by atoms with Crippen LogP contribution < -0.4 is 4.74 Å². The number of rotatable bonds is 4. The lowest BCUT2D eigenvalue weighted by atomic mass is 9.97. The van der Waals surface area contributed by atoms with E-state index in [4.69, 9.17) is 16.3 Å². The van der Waals surface area contributed by atoms with E-state index in [9.17, 15) is 14.0 Å². The fourth-order valence-corrected chi connectivity index (χ4v) is 3.41. The number of Topliss-reactive ketones (excluding diaryl/α,β-unsaturated/α-hetero) is 1. The second kappa shape index (κ2) is 8.10. The Morgan fingerprint density at radius 3 is 2.62 bits per heavy atom. The van der Waals surface area contributed by atoms with Gasteiger partial charge < -0.3 is 9.64 Å². The van der Waals surface area contributed by atoms with Crippen molar-refractivity contribution in [2.24, 2.45) is 5.92 Å². The fourth-order valence-electron chi connectivity index (χ4n) is 2.85. The number of ketones is 1. The average molecular weight is 394 g/mol. The molecule has 0 N–H and O–H groups in total. The fraction of sp³-hybridized carbons (Fsp3) is 0.263. The Morgan fingerprint density at radius 2 is 1.96 bits per heavy atom. The molecule has 0 bridgehead atoms. The van der Waals surface area contributed by atoms with Crippen LogP contribution in [-0.2, 0) is 0 Å². The Morgan fingerprint density at radius 1 is 1.23 bits per heavy atom. The van der Waals surface area contributed by atoms with Gasteiger partial charge in [-0.2, -0.15) is 0 Å². The maximum Gasteiger partial charge on any atom is 0.415 e. The van der Waals surface area contributed by atoms with E-state index in [1.165, 1.54) is 17.0 Å². The van der Waals surface area contributed by atoms with Crippen LogP contribution in [0.15, 0.2) is 47.4 Å². The first-order valence-corrected chi connectivity index (χ1v) is 9.68. The summed E-state index contributed by atoms with van der Waals surface area (Å²) in [6.07, 6.45) is 1.86. The quantitative estimate of drug-likeness (QED) is 0.547. The van der Waals surface area contributed by atoms with Crippen LogP contribution >= 0.6 is 23.4 Å². The molecule has 0 aliphatic carbocycles. The Bertz CT molecular complexity index is 828. The molecule has 1 aliphatic heterocycles. The Labute approximate surface area is 160 Å². The average Bonchev–Trinajstić information content (AvgIpc) is 3.14. The lowest BCUT2D eigenvalue weighted by Crippen LogP contribution is -2.32. The number of thioether (sulfide) groups is 1. The van der Waals surface area contributed by atoms with Gasteiger partial charge >= 0.3 is 6.09 Å². The summed E-state index contributed by atoms with van der Waals surface area (Å²) < 4.78 is 18.8. The SMILES string of the molecule is CSc1ccc(C(=O)C2CCN(C(=O)Oc3ccc(Cl)cc3F)C2)cc1. The topological polar surface area (TPSA) is 46.6 Å². The van der Waals surface area contributed by atoms with E-state index in [1.54, 1.807) is 23.9 Å². The van der Waals surface area contributed by atoms with Crippen molar-refractivity contribution < 1.29 is 18.7 Å². The maximum absolute atomic E-state index is 13.7. The van der Waals surface area contributed by atoms with E-state index < -0.39 is 11.9 Å². The number of likely N-dealkylation sites (tertiary alicyclic amines) is 1. The van der Waals surface area contributed by atoms with Crippen molar-refractivity contribution in [1.29, 1.82) is 0 Å². The summed E-state index contributed by atoms with van der Waals surface area (Å²) in [7, 11) is 0. The smallest absolute Gasteiger partial charge is 0.407 e. The number of hydrogen-bond donors (Lipinski definition) is 0. The molecule has 1 fully saturated rings. The molecule has 1 saturated heterocycles. The summed E-state index contributed by atoms with van der Waals surface area (Å²) in [6.45, 7) is 0.657. The predicted molar refractivity (Wildman–Crippen MR) is 99.7 cm³/mol. The van der Waals surface area contributed by atoms with E-state index >= 15 is 0 Å². The van der Waals surface area contributed by atoms with Crippen molar-refractivity contribution in [3.8, 4) is 5.75 Å². The van der Waals surface area contributed by atoms with Gasteiger partial charge in [0.1, 0.15) is 0 Å². The highest BCUT2D eigenvalue weighted by atomic mass is 35.5. The monoisotopic (exact) mass is 393 g/mol. The van der Waals surface area contributed by atoms with Crippen molar-refractivity contribution in [3.63, 3.8) is 0 Å². The molecule has 2 aromatic carbocycles. The number of benzene rings is 2. The van der Waals surface area contributed by atoms with Crippen molar-refractivity contribution in [2.75, 3.05) is 19.3 Å². The first-order valence-electron chi connectivity index (χ1n) is 8.08. The van der Waals surface area contributed by atoms with E-state index in [0.717, 1.165) is 11.0 Å². The second-order valence-electron chi connectivity index (χ2n) is 5.97. The number of amides is 1. The molecule has 0 spiro atoms. The summed E-state index contributed by atoms with van der Waals surface area (Å²) >= 11 is 7.29. The third-order valence-corrected chi connectivity index (χ3v) is 5.26. The normalized spacial score (nSPS) is 16.6. The van der Waals surface area contributed by atoms with Gasteiger partial charge in [0.2, 0.25) is 0 Å². The van der Waals surface area contributed by atoms with Crippen LogP contribution in [-0.4, -0.2) is 36.1 Å².